The number of likely N-dealkylation sites (tertiary alicyclic amines) is 1. The quantitative estimate of drug-likeness (QED) is 0.913. The largest absolute Gasteiger partial charge is 0.391 e. The normalized spacial score (nSPS) is 18.8. The zero-order valence-corrected chi connectivity index (χ0v) is 12.1. The van der Waals surface area contributed by atoms with Crippen LogP contribution in [0.4, 0.5) is 0 Å². The van der Waals surface area contributed by atoms with Crippen LogP contribution in [0.15, 0.2) is 36.8 Å². The van der Waals surface area contributed by atoms with Crippen LogP contribution in [0.3, 0.4) is 0 Å². The van der Waals surface area contributed by atoms with Crippen molar-refractivity contribution in [3.8, 4) is 11.3 Å². The Kier molecular flexibility index (Phi) is 3.75. The number of hydrogen-bond donors (Lipinski definition) is 1. The lowest BCUT2D eigenvalue weighted by Gasteiger charge is -2.30. The second-order valence-corrected chi connectivity index (χ2v) is 5.52. The van der Waals surface area contributed by atoms with Crippen LogP contribution in [0.2, 0.25) is 0 Å². The predicted octanol–water partition coefficient (Wildman–Crippen LogP) is 1.68. The molecule has 0 saturated carbocycles. The summed E-state index contributed by atoms with van der Waals surface area (Å²) in [6, 6.07) is 7.57. The molecule has 21 heavy (non-hydrogen) atoms. The summed E-state index contributed by atoms with van der Waals surface area (Å²) in [6.45, 7) is 1.14. The Balaban J connectivity index is 1.86. The van der Waals surface area contributed by atoms with Gasteiger partial charge in [0.05, 0.1) is 24.3 Å². The molecule has 5 heteroatoms. The topological polar surface area (TPSA) is 58.4 Å². The molecule has 2 heterocycles. The van der Waals surface area contributed by atoms with E-state index in [1.54, 1.807) is 17.4 Å². The number of rotatable bonds is 2. The number of hydrogen-bond acceptors (Lipinski definition) is 3. The highest BCUT2D eigenvalue weighted by atomic mass is 16.3. The summed E-state index contributed by atoms with van der Waals surface area (Å²) in [7, 11) is 1.93. The molecule has 1 aromatic heterocycles. The average molecular weight is 285 g/mol. The molecule has 1 atom stereocenters. The highest BCUT2D eigenvalue weighted by Crippen LogP contribution is 2.21. The molecule has 1 N–H and O–H groups in total. The molecule has 0 radical (unpaired) electrons. The molecule has 0 unspecified atom stereocenters. The summed E-state index contributed by atoms with van der Waals surface area (Å²) in [5.41, 5.74) is 2.60. The Labute approximate surface area is 123 Å². The van der Waals surface area contributed by atoms with Crippen LogP contribution in [0.25, 0.3) is 11.3 Å². The van der Waals surface area contributed by atoms with Gasteiger partial charge in [-0.3, -0.25) is 4.79 Å². The maximum atomic E-state index is 12.5. The Morgan fingerprint density at radius 2 is 2.29 bits per heavy atom. The summed E-state index contributed by atoms with van der Waals surface area (Å²) in [5, 5.41) is 9.71. The number of imidazole rings is 1. The van der Waals surface area contributed by atoms with E-state index in [9.17, 15) is 9.90 Å². The molecular weight excluding hydrogens is 266 g/mol. The fourth-order valence-corrected chi connectivity index (χ4v) is 2.77. The van der Waals surface area contributed by atoms with Gasteiger partial charge < -0.3 is 14.6 Å². The number of nitrogens with zero attached hydrogens (tertiary/aromatic N) is 3. The van der Waals surface area contributed by atoms with E-state index < -0.39 is 6.10 Å². The van der Waals surface area contributed by atoms with Crippen molar-refractivity contribution in [3.05, 3.63) is 42.4 Å². The van der Waals surface area contributed by atoms with E-state index in [1.165, 1.54) is 0 Å². The lowest BCUT2D eigenvalue weighted by Crippen LogP contribution is -2.42. The molecule has 3 rings (SSSR count). The van der Waals surface area contributed by atoms with Crippen molar-refractivity contribution in [2.24, 2.45) is 7.05 Å². The zero-order chi connectivity index (χ0) is 14.8. The molecule has 5 nitrogen and oxygen atoms in total. The Morgan fingerprint density at radius 3 is 3.00 bits per heavy atom. The van der Waals surface area contributed by atoms with Gasteiger partial charge in [-0.25, -0.2) is 4.98 Å². The predicted molar refractivity (Wildman–Crippen MR) is 79.8 cm³/mol. The van der Waals surface area contributed by atoms with Crippen molar-refractivity contribution in [3.63, 3.8) is 0 Å². The van der Waals surface area contributed by atoms with E-state index in [4.69, 9.17) is 0 Å². The van der Waals surface area contributed by atoms with Gasteiger partial charge in [0.2, 0.25) is 0 Å². The van der Waals surface area contributed by atoms with Crippen LogP contribution in [0.5, 0.6) is 0 Å². The summed E-state index contributed by atoms with van der Waals surface area (Å²) in [4.78, 5) is 18.4. The first-order chi connectivity index (χ1) is 10.1. The third-order valence-corrected chi connectivity index (χ3v) is 3.91. The SMILES string of the molecule is Cn1cncc1-c1cccc(C(=O)N2CCC[C@H](O)C2)c1. The monoisotopic (exact) mass is 285 g/mol. The smallest absolute Gasteiger partial charge is 0.253 e. The summed E-state index contributed by atoms with van der Waals surface area (Å²) in [6.07, 6.45) is 4.76. The van der Waals surface area contributed by atoms with Gasteiger partial charge in [-0.2, -0.15) is 0 Å². The van der Waals surface area contributed by atoms with Crippen molar-refractivity contribution in [1.82, 2.24) is 14.5 Å². The van der Waals surface area contributed by atoms with Crippen LogP contribution in [-0.4, -0.2) is 44.7 Å². The van der Waals surface area contributed by atoms with Crippen LogP contribution < -0.4 is 0 Å². The zero-order valence-electron chi connectivity index (χ0n) is 12.1. The number of aliphatic hydroxyl groups is 1. The second-order valence-electron chi connectivity index (χ2n) is 5.52. The number of carbonyl (C=O) groups is 1. The molecule has 1 aliphatic heterocycles. The fourth-order valence-electron chi connectivity index (χ4n) is 2.77. The minimum atomic E-state index is -0.400. The molecule has 1 amide bonds. The lowest BCUT2D eigenvalue weighted by molar-refractivity contribution is 0.0474. The standard InChI is InChI=1S/C16H19N3O2/c1-18-11-17-9-15(18)12-4-2-5-13(8-12)16(21)19-7-3-6-14(20)10-19/h2,4-5,8-9,11,14,20H,3,6-7,10H2,1H3/t14-/m0/s1. The maximum absolute atomic E-state index is 12.5. The van der Waals surface area contributed by atoms with Gasteiger partial charge in [0.15, 0.2) is 0 Å². The first kappa shape index (κ1) is 13.8. The van der Waals surface area contributed by atoms with Gasteiger partial charge in [0.1, 0.15) is 0 Å². The highest BCUT2D eigenvalue weighted by molar-refractivity contribution is 5.95. The maximum Gasteiger partial charge on any atom is 0.253 e. The third kappa shape index (κ3) is 2.83. The van der Waals surface area contributed by atoms with Crippen molar-refractivity contribution in [2.45, 2.75) is 18.9 Å². The van der Waals surface area contributed by atoms with Gasteiger partial charge in [-0.1, -0.05) is 12.1 Å². The van der Waals surface area contributed by atoms with E-state index >= 15 is 0 Å². The Hall–Kier alpha value is -2.14. The number of piperidine rings is 1. The summed E-state index contributed by atoms with van der Waals surface area (Å²) < 4.78 is 1.92. The third-order valence-electron chi connectivity index (χ3n) is 3.91. The Morgan fingerprint density at radius 1 is 1.43 bits per heavy atom. The van der Waals surface area contributed by atoms with Gasteiger partial charge in [-0.15, -0.1) is 0 Å². The first-order valence-corrected chi connectivity index (χ1v) is 7.19. The molecule has 1 aromatic carbocycles. The molecule has 110 valence electrons. The molecule has 0 bridgehead atoms. The minimum Gasteiger partial charge on any atom is -0.391 e. The van der Waals surface area contributed by atoms with E-state index in [0.29, 0.717) is 18.7 Å². The average Bonchev–Trinajstić information content (AvgIpc) is 2.93. The van der Waals surface area contributed by atoms with Crippen LogP contribution in [0, 0.1) is 0 Å². The number of aryl methyl sites for hydroxylation is 1. The molecule has 1 fully saturated rings. The van der Waals surface area contributed by atoms with Crippen LogP contribution >= 0.6 is 0 Å². The van der Waals surface area contributed by atoms with E-state index in [2.05, 4.69) is 4.98 Å². The van der Waals surface area contributed by atoms with E-state index in [-0.39, 0.29) is 5.91 Å². The molecule has 0 aliphatic carbocycles. The number of benzene rings is 1. The van der Waals surface area contributed by atoms with Gasteiger partial charge >= 0.3 is 0 Å². The van der Waals surface area contributed by atoms with Crippen molar-refractivity contribution in [1.29, 1.82) is 0 Å². The number of aromatic nitrogens is 2. The van der Waals surface area contributed by atoms with Gasteiger partial charge in [0, 0.05) is 31.3 Å². The van der Waals surface area contributed by atoms with Crippen LogP contribution in [-0.2, 0) is 7.05 Å². The van der Waals surface area contributed by atoms with E-state index in [0.717, 1.165) is 24.1 Å². The highest BCUT2D eigenvalue weighted by Gasteiger charge is 2.23. The molecule has 1 aliphatic rings. The van der Waals surface area contributed by atoms with Crippen LogP contribution in [0.1, 0.15) is 23.2 Å². The lowest BCUT2D eigenvalue weighted by atomic mass is 10.0. The molecular formula is C16H19N3O2. The first-order valence-electron chi connectivity index (χ1n) is 7.19. The number of aliphatic hydroxyl groups excluding tert-OH is 1. The van der Waals surface area contributed by atoms with Crippen molar-refractivity contribution in [2.75, 3.05) is 13.1 Å². The molecule has 2 aromatic rings. The van der Waals surface area contributed by atoms with Gasteiger partial charge in [-0.05, 0) is 25.0 Å². The Bertz CT molecular complexity index is 650. The minimum absolute atomic E-state index is 0.0160. The van der Waals surface area contributed by atoms with E-state index in [1.807, 2.05) is 35.9 Å². The summed E-state index contributed by atoms with van der Waals surface area (Å²) in [5.74, 6) is -0.0160. The summed E-state index contributed by atoms with van der Waals surface area (Å²) >= 11 is 0. The number of amides is 1. The van der Waals surface area contributed by atoms with Gasteiger partial charge in [0.25, 0.3) is 5.91 Å². The fraction of sp³-hybridized carbons (Fsp3) is 0.375. The molecule has 0 spiro atoms. The molecule has 1 saturated heterocycles. The van der Waals surface area contributed by atoms with Crippen molar-refractivity contribution < 1.29 is 9.90 Å². The number of β-amino-alcohol motifs (C(OH)–C–C–N with tert-alkyl or cyclic N) is 1. The second kappa shape index (κ2) is 5.69. The number of carbonyl (C=O) groups excluding carboxylic acids is 1. The van der Waals surface area contributed by atoms with Crippen molar-refractivity contribution >= 4 is 5.91 Å².